The van der Waals surface area contributed by atoms with Crippen molar-refractivity contribution in [3.05, 3.63) is 71.5 Å². The third-order valence-corrected chi connectivity index (χ3v) is 2.67. The molecule has 19 heavy (non-hydrogen) atoms. The van der Waals surface area contributed by atoms with Crippen LogP contribution in [0.3, 0.4) is 0 Å². The number of carbonyl (C=O) groups excluding carboxylic acids is 1. The fourth-order valence-corrected chi connectivity index (χ4v) is 1.54. The molecule has 0 unspecified atom stereocenters. The largest absolute Gasteiger partial charge is 0.298 e. The van der Waals surface area contributed by atoms with Crippen molar-refractivity contribution in [1.29, 1.82) is 0 Å². The summed E-state index contributed by atoms with van der Waals surface area (Å²) in [5.41, 5.74) is 7.01. The Hall–Kier alpha value is -2.33. The minimum absolute atomic E-state index is 0.323. The van der Waals surface area contributed by atoms with Crippen LogP contribution in [0, 0.1) is 0 Å². The maximum Gasteiger partial charge on any atom is 0.288 e. The van der Waals surface area contributed by atoms with Crippen molar-refractivity contribution in [3.63, 3.8) is 0 Å². The summed E-state index contributed by atoms with van der Waals surface area (Å²) in [6.45, 7) is 3.83. The van der Waals surface area contributed by atoms with E-state index in [4.69, 9.17) is 11.6 Å². The molecule has 0 aliphatic carbocycles. The van der Waals surface area contributed by atoms with E-state index in [1.54, 1.807) is 36.5 Å². The summed E-state index contributed by atoms with van der Waals surface area (Å²) in [5, 5.41) is 0.647. The van der Waals surface area contributed by atoms with E-state index in [0.717, 1.165) is 5.56 Å². The number of rotatable bonds is 4. The lowest BCUT2D eigenvalue weighted by atomic mass is 10.2. The number of hydrogen-bond acceptors (Lipinski definition) is 3. The maximum absolute atomic E-state index is 11.7. The molecule has 2 N–H and O–H groups in total. The van der Waals surface area contributed by atoms with Crippen molar-refractivity contribution in [2.45, 2.75) is 0 Å². The van der Waals surface area contributed by atoms with Crippen LogP contribution in [0.15, 0.2) is 55.2 Å². The predicted molar refractivity (Wildman–Crippen MR) is 75.3 cm³/mol. The Morgan fingerprint density at radius 2 is 1.84 bits per heavy atom. The van der Waals surface area contributed by atoms with Crippen LogP contribution in [0.2, 0.25) is 5.02 Å². The summed E-state index contributed by atoms with van der Waals surface area (Å²) >= 11 is 5.80. The fourth-order valence-electron chi connectivity index (χ4n) is 1.42. The molecule has 0 aliphatic heterocycles. The molecular weight excluding hydrogens is 262 g/mol. The van der Waals surface area contributed by atoms with E-state index in [0.29, 0.717) is 16.4 Å². The molecule has 0 aliphatic rings. The van der Waals surface area contributed by atoms with Crippen LogP contribution in [0.5, 0.6) is 0 Å². The van der Waals surface area contributed by atoms with Crippen molar-refractivity contribution >= 4 is 23.2 Å². The number of nitrogens with one attached hydrogen (secondary N) is 2. The van der Waals surface area contributed by atoms with Gasteiger partial charge < -0.3 is 0 Å². The van der Waals surface area contributed by atoms with E-state index in [1.165, 1.54) is 0 Å². The van der Waals surface area contributed by atoms with Gasteiger partial charge in [-0.05, 0) is 29.8 Å². The quantitative estimate of drug-likeness (QED) is 0.842. The van der Waals surface area contributed by atoms with Gasteiger partial charge in [0.05, 0.1) is 5.70 Å². The molecule has 0 atom stereocenters. The number of carbonyl (C=O) groups is 1. The number of hydrogen-bond donors (Lipinski definition) is 2. The topological polar surface area (TPSA) is 54.0 Å². The standard InChI is InChI=1S/C14H12ClN3O/c1-10(11-5-7-12(15)8-6-11)17-18-14(19)13-4-2-3-9-16-13/h2-9,17H,1H2,(H,18,19). The summed E-state index contributed by atoms with van der Waals surface area (Å²) in [4.78, 5) is 15.7. The zero-order valence-corrected chi connectivity index (χ0v) is 10.8. The van der Waals surface area contributed by atoms with Crippen LogP contribution in [0.1, 0.15) is 16.1 Å². The lowest BCUT2D eigenvalue weighted by Crippen LogP contribution is -2.36. The van der Waals surface area contributed by atoms with Gasteiger partial charge in [-0.25, -0.2) is 0 Å². The van der Waals surface area contributed by atoms with Crippen LogP contribution >= 0.6 is 11.6 Å². The van der Waals surface area contributed by atoms with Gasteiger partial charge in [-0.2, -0.15) is 0 Å². The number of benzene rings is 1. The van der Waals surface area contributed by atoms with Crippen LogP contribution in [0.25, 0.3) is 5.70 Å². The average molecular weight is 274 g/mol. The van der Waals surface area contributed by atoms with E-state index in [-0.39, 0.29) is 5.91 Å². The molecule has 2 rings (SSSR count). The van der Waals surface area contributed by atoms with Gasteiger partial charge in [0.25, 0.3) is 5.91 Å². The minimum atomic E-state index is -0.323. The Morgan fingerprint density at radius 3 is 2.47 bits per heavy atom. The van der Waals surface area contributed by atoms with Crippen molar-refractivity contribution in [2.75, 3.05) is 0 Å². The van der Waals surface area contributed by atoms with Gasteiger partial charge in [0, 0.05) is 11.2 Å². The van der Waals surface area contributed by atoms with E-state index in [1.807, 2.05) is 12.1 Å². The van der Waals surface area contributed by atoms with Crippen LogP contribution < -0.4 is 10.9 Å². The maximum atomic E-state index is 11.7. The number of hydrazine groups is 1. The number of nitrogens with zero attached hydrogens (tertiary/aromatic N) is 1. The summed E-state index contributed by atoms with van der Waals surface area (Å²) in [6, 6.07) is 12.2. The molecule has 0 saturated heterocycles. The summed E-state index contributed by atoms with van der Waals surface area (Å²) in [7, 11) is 0. The third-order valence-electron chi connectivity index (χ3n) is 2.42. The average Bonchev–Trinajstić information content (AvgIpc) is 2.46. The first kappa shape index (κ1) is 13.1. The molecule has 0 saturated carbocycles. The van der Waals surface area contributed by atoms with Crippen molar-refractivity contribution < 1.29 is 4.79 Å². The highest BCUT2D eigenvalue weighted by Crippen LogP contribution is 2.13. The zero-order valence-electron chi connectivity index (χ0n) is 10.1. The van der Waals surface area contributed by atoms with Gasteiger partial charge in [0.15, 0.2) is 0 Å². The van der Waals surface area contributed by atoms with Crippen LogP contribution in [-0.4, -0.2) is 10.9 Å². The summed E-state index contributed by atoms with van der Waals surface area (Å²) in [5.74, 6) is -0.323. The molecule has 96 valence electrons. The van der Waals surface area contributed by atoms with Gasteiger partial charge in [0.1, 0.15) is 5.69 Å². The Labute approximate surface area is 116 Å². The molecular formula is C14H12ClN3O. The molecule has 1 aromatic heterocycles. The molecule has 5 heteroatoms. The van der Waals surface area contributed by atoms with Gasteiger partial charge in [-0.1, -0.05) is 36.4 Å². The number of amides is 1. The lowest BCUT2D eigenvalue weighted by molar-refractivity contribution is 0.0937. The van der Waals surface area contributed by atoms with Gasteiger partial charge in [0.2, 0.25) is 0 Å². The molecule has 0 spiro atoms. The smallest absolute Gasteiger partial charge is 0.288 e. The molecule has 1 heterocycles. The Bertz CT molecular complexity index is 581. The Kier molecular flexibility index (Phi) is 4.15. The summed E-state index contributed by atoms with van der Waals surface area (Å²) in [6.07, 6.45) is 1.56. The minimum Gasteiger partial charge on any atom is -0.298 e. The monoisotopic (exact) mass is 273 g/mol. The Morgan fingerprint density at radius 1 is 1.11 bits per heavy atom. The van der Waals surface area contributed by atoms with E-state index in [2.05, 4.69) is 22.4 Å². The van der Waals surface area contributed by atoms with Crippen LogP contribution in [0.4, 0.5) is 0 Å². The summed E-state index contributed by atoms with van der Waals surface area (Å²) < 4.78 is 0. The van der Waals surface area contributed by atoms with Gasteiger partial charge in [-0.3, -0.25) is 20.6 Å². The highest BCUT2D eigenvalue weighted by Gasteiger charge is 2.06. The van der Waals surface area contributed by atoms with Crippen molar-refractivity contribution in [2.24, 2.45) is 0 Å². The lowest BCUT2D eigenvalue weighted by Gasteiger charge is -2.10. The first-order chi connectivity index (χ1) is 9.16. The number of pyridine rings is 1. The van der Waals surface area contributed by atoms with E-state index in [9.17, 15) is 4.79 Å². The molecule has 1 amide bonds. The second kappa shape index (κ2) is 6.02. The third kappa shape index (κ3) is 3.56. The van der Waals surface area contributed by atoms with E-state index < -0.39 is 0 Å². The molecule has 0 fully saturated rings. The second-order valence-corrected chi connectivity index (χ2v) is 4.22. The first-order valence-electron chi connectivity index (χ1n) is 5.59. The molecule has 2 aromatic rings. The number of halogens is 1. The van der Waals surface area contributed by atoms with Crippen molar-refractivity contribution in [1.82, 2.24) is 15.8 Å². The normalized spacial score (nSPS) is 9.74. The molecule has 0 radical (unpaired) electrons. The molecule has 4 nitrogen and oxygen atoms in total. The zero-order chi connectivity index (χ0) is 13.7. The highest BCUT2D eigenvalue weighted by atomic mass is 35.5. The van der Waals surface area contributed by atoms with Gasteiger partial charge >= 0.3 is 0 Å². The predicted octanol–water partition coefficient (Wildman–Crippen LogP) is 2.64. The van der Waals surface area contributed by atoms with Gasteiger partial charge in [-0.15, -0.1) is 0 Å². The van der Waals surface area contributed by atoms with Crippen LogP contribution in [-0.2, 0) is 0 Å². The first-order valence-corrected chi connectivity index (χ1v) is 5.97. The van der Waals surface area contributed by atoms with Crippen molar-refractivity contribution in [3.8, 4) is 0 Å². The highest BCUT2D eigenvalue weighted by molar-refractivity contribution is 6.30. The SMILES string of the molecule is C=C(NNC(=O)c1ccccn1)c1ccc(Cl)cc1. The fraction of sp³-hybridized carbons (Fsp3) is 0. The molecule has 0 bridgehead atoms. The Balaban J connectivity index is 1.94. The number of aromatic nitrogens is 1. The molecule has 1 aromatic carbocycles. The second-order valence-electron chi connectivity index (χ2n) is 3.78. The van der Waals surface area contributed by atoms with E-state index >= 15 is 0 Å².